The van der Waals surface area contributed by atoms with E-state index in [1.54, 1.807) is 37.4 Å². The standard InChI is InChI=1S/C19H15N3O3/c1-20-15(23)9-10-6-7-14-12(8-10)16(19(25)22-14)17-18(24)11-4-2-3-5-13(11)21-17/h2-8,22,25H,9H2,1H3,(H,20,23). The maximum absolute atomic E-state index is 12.7. The molecule has 2 aromatic carbocycles. The van der Waals surface area contributed by atoms with Gasteiger partial charge >= 0.3 is 0 Å². The number of hydrogen-bond donors (Lipinski definition) is 3. The number of nitrogens with zero attached hydrogens (tertiary/aromatic N) is 1. The Morgan fingerprint density at radius 2 is 2.04 bits per heavy atom. The molecule has 3 N–H and O–H groups in total. The monoisotopic (exact) mass is 333 g/mol. The number of aliphatic imine (C=N–C) groups is 1. The zero-order valence-corrected chi connectivity index (χ0v) is 13.5. The van der Waals surface area contributed by atoms with Gasteiger partial charge in [0, 0.05) is 23.5 Å². The molecule has 0 radical (unpaired) electrons. The van der Waals surface area contributed by atoms with Crippen molar-refractivity contribution in [2.45, 2.75) is 6.42 Å². The van der Waals surface area contributed by atoms with Gasteiger partial charge in [0.2, 0.25) is 11.7 Å². The minimum Gasteiger partial charge on any atom is -0.494 e. The zero-order chi connectivity index (χ0) is 17.6. The molecule has 25 heavy (non-hydrogen) atoms. The Hall–Kier alpha value is -3.41. The Kier molecular flexibility index (Phi) is 3.39. The minimum atomic E-state index is -0.219. The SMILES string of the molecule is CNC(=O)Cc1ccc2[nH]c(O)c(C3=Nc4ccccc4C3=O)c2c1. The Labute approximate surface area is 143 Å². The molecule has 6 heteroatoms. The molecule has 0 saturated carbocycles. The second kappa shape index (κ2) is 5.59. The molecule has 0 spiro atoms. The van der Waals surface area contributed by atoms with E-state index in [-0.39, 0.29) is 29.7 Å². The molecule has 0 atom stereocenters. The predicted molar refractivity (Wildman–Crippen MR) is 94.7 cm³/mol. The third kappa shape index (κ3) is 2.39. The average molecular weight is 333 g/mol. The van der Waals surface area contributed by atoms with E-state index in [1.165, 1.54) is 0 Å². The molecule has 0 bridgehead atoms. The summed E-state index contributed by atoms with van der Waals surface area (Å²) in [5, 5.41) is 13.6. The van der Waals surface area contributed by atoms with Crippen LogP contribution in [-0.2, 0) is 11.2 Å². The molecule has 6 nitrogen and oxygen atoms in total. The summed E-state index contributed by atoms with van der Waals surface area (Å²) in [4.78, 5) is 31.6. The van der Waals surface area contributed by atoms with Crippen LogP contribution < -0.4 is 5.32 Å². The van der Waals surface area contributed by atoms with E-state index in [0.29, 0.717) is 27.7 Å². The van der Waals surface area contributed by atoms with E-state index in [9.17, 15) is 14.7 Å². The topological polar surface area (TPSA) is 94.6 Å². The number of hydrogen-bond acceptors (Lipinski definition) is 4. The fourth-order valence-corrected chi connectivity index (χ4v) is 3.08. The molecule has 0 fully saturated rings. The highest BCUT2D eigenvalue weighted by atomic mass is 16.3. The van der Waals surface area contributed by atoms with E-state index in [1.807, 2.05) is 12.1 Å². The van der Waals surface area contributed by atoms with Crippen molar-refractivity contribution in [3.63, 3.8) is 0 Å². The number of Topliss-reactive ketones (excluding diaryl/α,β-unsaturated/α-hetero) is 1. The van der Waals surface area contributed by atoms with Crippen molar-refractivity contribution in [2.75, 3.05) is 7.05 Å². The highest BCUT2D eigenvalue weighted by Crippen LogP contribution is 2.35. The average Bonchev–Trinajstić information content (AvgIpc) is 3.11. The number of ketones is 1. The van der Waals surface area contributed by atoms with Crippen LogP contribution in [0.1, 0.15) is 21.5 Å². The van der Waals surface area contributed by atoms with Crippen molar-refractivity contribution in [3.05, 3.63) is 59.2 Å². The van der Waals surface area contributed by atoms with Gasteiger partial charge in [0.1, 0.15) is 5.71 Å². The van der Waals surface area contributed by atoms with Crippen LogP contribution in [0.3, 0.4) is 0 Å². The van der Waals surface area contributed by atoms with Crippen molar-refractivity contribution in [2.24, 2.45) is 4.99 Å². The first-order valence-corrected chi connectivity index (χ1v) is 7.85. The van der Waals surface area contributed by atoms with Crippen LogP contribution >= 0.6 is 0 Å². The first-order valence-electron chi connectivity index (χ1n) is 7.85. The molecule has 0 unspecified atom stereocenters. The summed E-state index contributed by atoms with van der Waals surface area (Å²) < 4.78 is 0. The number of carbonyl (C=O) groups is 2. The van der Waals surface area contributed by atoms with Crippen molar-refractivity contribution >= 4 is 34.0 Å². The van der Waals surface area contributed by atoms with Gasteiger partial charge in [-0.3, -0.25) is 9.59 Å². The van der Waals surface area contributed by atoms with Crippen LogP contribution in [0.15, 0.2) is 47.5 Å². The lowest BCUT2D eigenvalue weighted by Crippen LogP contribution is -2.19. The van der Waals surface area contributed by atoms with E-state index in [2.05, 4.69) is 15.3 Å². The number of likely N-dealkylation sites (N-methyl/N-ethyl adjacent to an activating group) is 1. The number of aromatic nitrogens is 1. The van der Waals surface area contributed by atoms with Gasteiger partial charge in [-0.1, -0.05) is 18.2 Å². The largest absolute Gasteiger partial charge is 0.494 e. The Bertz CT molecular complexity index is 1060. The molecule has 124 valence electrons. The van der Waals surface area contributed by atoms with Crippen LogP contribution in [0.25, 0.3) is 10.9 Å². The Morgan fingerprint density at radius 1 is 1.24 bits per heavy atom. The van der Waals surface area contributed by atoms with Crippen molar-refractivity contribution in [3.8, 4) is 5.88 Å². The molecular weight excluding hydrogens is 318 g/mol. The molecule has 4 rings (SSSR count). The summed E-state index contributed by atoms with van der Waals surface area (Å²) in [6, 6.07) is 12.5. The third-order valence-corrected chi connectivity index (χ3v) is 4.32. The van der Waals surface area contributed by atoms with Crippen molar-refractivity contribution in [1.29, 1.82) is 0 Å². The number of aromatic hydroxyl groups is 1. The molecule has 1 amide bonds. The molecule has 3 aromatic rings. The first kappa shape index (κ1) is 15.1. The number of H-pyrrole nitrogens is 1. The number of fused-ring (bicyclic) bond motifs is 2. The number of rotatable bonds is 3. The quantitative estimate of drug-likeness (QED) is 0.687. The summed E-state index contributed by atoms with van der Waals surface area (Å²) in [6.07, 6.45) is 0.221. The molecule has 1 aliphatic heterocycles. The lowest BCUT2D eigenvalue weighted by Gasteiger charge is -2.03. The fraction of sp³-hybridized carbons (Fsp3) is 0.105. The van der Waals surface area contributed by atoms with E-state index in [0.717, 1.165) is 5.56 Å². The van der Waals surface area contributed by atoms with Crippen LogP contribution in [0.5, 0.6) is 5.88 Å². The molecule has 2 heterocycles. The van der Waals surface area contributed by atoms with Gasteiger partial charge in [-0.05, 0) is 29.8 Å². The maximum atomic E-state index is 12.7. The van der Waals surface area contributed by atoms with Gasteiger partial charge < -0.3 is 15.4 Å². The van der Waals surface area contributed by atoms with Gasteiger partial charge in [0.25, 0.3) is 0 Å². The highest BCUT2D eigenvalue weighted by molar-refractivity contribution is 6.56. The van der Waals surface area contributed by atoms with Crippen molar-refractivity contribution < 1.29 is 14.7 Å². The number of para-hydroxylation sites is 1. The smallest absolute Gasteiger partial charge is 0.224 e. The van der Waals surface area contributed by atoms with Crippen LogP contribution in [0, 0.1) is 0 Å². The normalized spacial score (nSPS) is 13.0. The Morgan fingerprint density at radius 3 is 2.80 bits per heavy atom. The van der Waals surface area contributed by atoms with Crippen LogP contribution in [-0.4, -0.2) is 34.5 Å². The molecule has 1 aromatic heterocycles. The highest BCUT2D eigenvalue weighted by Gasteiger charge is 2.29. The van der Waals surface area contributed by atoms with Gasteiger partial charge in [-0.15, -0.1) is 0 Å². The first-order chi connectivity index (χ1) is 12.1. The fourth-order valence-electron chi connectivity index (χ4n) is 3.08. The van der Waals surface area contributed by atoms with Crippen molar-refractivity contribution in [1.82, 2.24) is 10.3 Å². The number of aromatic amines is 1. The maximum Gasteiger partial charge on any atom is 0.224 e. The molecular formula is C19H15N3O3. The van der Waals surface area contributed by atoms with E-state index in [4.69, 9.17) is 0 Å². The van der Waals surface area contributed by atoms with Crippen LogP contribution in [0.2, 0.25) is 0 Å². The predicted octanol–water partition coefficient (Wildman–Crippen LogP) is 2.48. The number of benzene rings is 2. The van der Waals surface area contributed by atoms with E-state index >= 15 is 0 Å². The Balaban J connectivity index is 1.85. The van der Waals surface area contributed by atoms with Gasteiger partial charge in [0.15, 0.2) is 5.88 Å². The van der Waals surface area contributed by atoms with Gasteiger partial charge in [-0.25, -0.2) is 4.99 Å². The number of carbonyl (C=O) groups excluding carboxylic acids is 2. The molecule has 1 aliphatic rings. The second-order valence-corrected chi connectivity index (χ2v) is 5.89. The zero-order valence-electron chi connectivity index (χ0n) is 13.5. The van der Waals surface area contributed by atoms with Gasteiger partial charge in [0.05, 0.1) is 17.7 Å². The van der Waals surface area contributed by atoms with Gasteiger partial charge in [-0.2, -0.15) is 0 Å². The summed E-state index contributed by atoms with van der Waals surface area (Å²) in [5.74, 6) is -0.433. The number of amides is 1. The summed E-state index contributed by atoms with van der Waals surface area (Å²) >= 11 is 0. The summed E-state index contributed by atoms with van der Waals surface area (Å²) in [5.41, 5.74) is 3.16. The minimum absolute atomic E-state index is 0.105. The lowest BCUT2D eigenvalue weighted by molar-refractivity contribution is -0.119. The molecule has 0 saturated heterocycles. The lowest BCUT2D eigenvalue weighted by atomic mass is 10.00. The van der Waals surface area contributed by atoms with Crippen LogP contribution in [0.4, 0.5) is 5.69 Å². The summed E-state index contributed by atoms with van der Waals surface area (Å²) in [7, 11) is 1.58. The second-order valence-electron chi connectivity index (χ2n) is 5.89. The molecule has 0 aliphatic carbocycles. The third-order valence-electron chi connectivity index (χ3n) is 4.32. The number of nitrogens with one attached hydrogen (secondary N) is 2. The van der Waals surface area contributed by atoms with E-state index < -0.39 is 0 Å². The summed E-state index contributed by atoms with van der Waals surface area (Å²) in [6.45, 7) is 0.